The van der Waals surface area contributed by atoms with Gasteiger partial charge < -0.3 is 16.2 Å². The van der Waals surface area contributed by atoms with Crippen LogP contribution in [0.3, 0.4) is 0 Å². The van der Waals surface area contributed by atoms with E-state index in [1.807, 2.05) is 6.92 Å². The molecule has 0 spiro atoms. The SMILES string of the molecule is Cc1cnc(N)nc1NCC1(O)CCC(C)CC1. The molecule has 2 rings (SSSR count). The van der Waals surface area contributed by atoms with Crippen LogP contribution >= 0.6 is 0 Å². The lowest BCUT2D eigenvalue weighted by molar-refractivity contribution is 0.00494. The van der Waals surface area contributed by atoms with Crippen molar-refractivity contribution in [2.45, 2.75) is 45.1 Å². The number of nitrogens with one attached hydrogen (secondary N) is 1. The van der Waals surface area contributed by atoms with Crippen molar-refractivity contribution < 1.29 is 5.11 Å². The maximum atomic E-state index is 10.5. The van der Waals surface area contributed by atoms with Gasteiger partial charge >= 0.3 is 0 Å². The quantitative estimate of drug-likeness (QED) is 0.760. The predicted molar refractivity (Wildman–Crippen MR) is 72.3 cm³/mol. The van der Waals surface area contributed by atoms with E-state index in [4.69, 9.17) is 5.73 Å². The van der Waals surface area contributed by atoms with Gasteiger partial charge in [-0.05, 0) is 38.5 Å². The number of hydrogen-bond acceptors (Lipinski definition) is 5. The fourth-order valence-electron chi connectivity index (χ4n) is 2.36. The number of nitrogens with zero attached hydrogens (tertiary/aromatic N) is 2. The molecule has 0 aliphatic heterocycles. The van der Waals surface area contributed by atoms with Crippen molar-refractivity contribution in [3.05, 3.63) is 11.8 Å². The smallest absolute Gasteiger partial charge is 0.221 e. The summed E-state index contributed by atoms with van der Waals surface area (Å²) in [5.41, 5.74) is 5.89. The monoisotopic (exact) mass is 250 g/mol. The maximum absolute atomic E-state index is 10.5. The predicted octanol–water partition coefficient (Wildman–Crippen LogP) is 1.72. The van der Waals surface area contributed by atoms with Crippen LogP contribution in [0.25, 0.3) is 0 Å². The zero-order chi connectivity index (χ0) is 13.2. The molecule has 0 bridgehead atoms. The van der Waals surface area contributed by atoms with Gasteiger partial charge in [-0.3, -0.25) is 0 Å². The first-order chi connectivity index (χ1) is 8.48. The molecule has 1 heterocycles. The number of nitrogens with two attached hydrogens (primary N) is 1. The van der Waals surface area contributed by atoms with Crippen molar-refractivity contribution in [3.63, 3.8) is 0 Å². The van der Waals surface area contributed by atoms with E-state index < -0.39 is 5.60 Å². The van der Waals surface area contributed by atoms with Gasteiger partial charge in [-0.1, -0.05) is 6.92 Å². The van der Waals surface area contributed by atoms with Gasteiger partial charge in [0.2, 0.25) is 5.95 Å². The highest BCUT2D eigenvalue weighted by Crippen LogP contribution is 2.32. The average Bonchev–Trinajstić information content (AvgIpc) is 2.35. The van der Waals surface area contributed by atoms with Crippen molar-refractivity contribution in [2.24, 2.45) is 5.92 Å². The highest BCUT2D eigenvalue weighted by molar-refractivity contribution is 5.45. The summed E-state index contributed by atoms with van der Waals surface area (Å²) < 4.78 is 0. The van der Waals surface area contributed by atoms with E-state index in [9.17, 15) is 5.11 Å². The van der Waals surface area contributed by atoms with E-state index in [2.05, 4.69) is 22.2 Å². The largest absolute Gasteiger partial charge is 0.388 e. The van der Waals surface area contributed by atoms with Gasteiger partial charge in [-0.15, -0.1) is 0 Å². The Kier molecular flexibility index (Phi) is 3.71. The summed E-state index contributed by atoms with van der Waals surface area (Å²) in [6, 6.07) is 0. The Morgan fingerprint density at radius 1 is 1.50 bits per heavy atom. The Morgan fingerprint density at radius 3 is 2.83 bits per heavy atom. The normalized spacial score (nSPS) is 28.1. The number of nitrogen functional groups attached to an aromatic ring is 1. The van der Waals surface area contributed by atoms with E-state index in [1.165, 1.54) is 0 Å². The summed E-state index contributed by atoms with van der Waals surface area (Å²) in [5, 5.41) is 13.7. The lowest BCUT2D eigenvalue weighted by Gasteiger charge is -2.35. The van der Waals surface area contributed by atoms with E-state index in [-0.39, 0.29) is 5.95 Å². The van der Waals surface area contributed by atoms with Crippen LogP contribution in [0.2, 0.25) is 0 Å². The molecule has 1 aliphatic rings. The molecule has 1 aliphatic carbocycles. The molecule has 0 radical (unpaired) electrons. The molecule has 100 valence electrons. The Bertz CT molecular complexity index is 413. The van der Waals surface area contributed by atoms with Crippen LogP contribution in [0.1, 0.15) is 38.2 Å². The minimum absolute atomic E-state index is 0.257. The second kappa shape index (κ2) is 5.10. The first-order valence-electron chi connectivity index (χ1n) is 6.54. The molecular weight excluding hydrogens is 228 g/mol. The number of aliphatic hydroxyl groups is 1. The number of aromatic nitrogens is 2. The van der Waals surface area contributed by atoms with E-state index in [0.717, 1.165) is 43.0 Å². The van der Waals surface area contributed by atoms with Crippen molar-refractivity contribution in [1.82, 2.24) is 9.97 Å². The van der Waals surface area contributed by atoms with Crippen molar-refractivity contribution in [1.29, 1.82) is 0 Å². The number of rotatable bonds is 3. The molecule has 4 N–H and O–H groups in total. The maximum Gasteiger partial charge on any atom is 0.221 e. The van der Waals surface area contributed by atoms with Crippen LogP contribution < -0.4 is 11.1 Å². The number of anilines is 2. The fraction of sp³-hybridized carbons (Fsp3) is 0.692. The molecule has 0 aromatic carbocycles. The second-order valence-electron chi connectivity index (χ2n) is 5.52. The summed E-state index contributed by atoms with van der Waals surface area (Å²) in [7, 11) is 0. The van der Waals surface area contributed by atoms with Gasteiger partial charge in [0.25, 0.3) is 0 Å². The molecule has 5 nitrogen and oxygen atoms in total. The zero-order valence-electron chi connectivity index (χ0n) is 11.1. The van der Waals surface area contributed by atoms with Gasteiger partial charge in [0, 0.05) is 18.3 Å². The van der Waals surface area contributed by atoms with Crippen LogP contribution in [0.5, 0.6) is 0 Å². The van der Waals surface area contributed by atoms with Gasteiger partial charge in [0.05, 0.1) is 5.60 Å². The first kappa shape index (κ1) is 13.1. The average molecular weight is 250 g/mol. The van der Waals surface area contributed by atoms with Gasteiger partial charge in [-0.25, -0.2) is 4.98 Å². The molecule has 0 unspecified atom stereocenters. The molecule has 0 amide bonds. The van der Waals surface area contributed by atoms with Crippen LogP contribution in [-0.4, -0.2) is 27.2 Å². The van der Waals surface area contributed by atoms with Crippen LogP contribution in [0.15, 0.2) is 6.20 Å². The van der Waals surface area contributed by atoms with E-state index in [0.29, 0.717) is 6.54 Å². The first-order valence-corrected chi connectivity index (χ1v) is 6.54. The standard InChI is InChI=1S/C13H22N4O/c1-9-3-5-13(18,6-4-9)8-16-11-10(2)7-15-12(14)17-11/h7,9,18H,3-6,8H2,1-2H3,(H3,14,15,16,17). The van der Waals surface area contributed by atoms with Gasteiger partial charge in [-0.2, -0.15) is 4.98 Å². The van der Waals surface area contributed by atoms with Crippen LogP contribution in [-0.2, 0) is 0 Å². The lowest BCUT2D eigenvalue weighted by atomic mass is 9.79. The minimum atomic E-state index is -0.612. The molecule has 0 atom stereocenters. The molecule has 5 heteroatoms. The van der Waals surface area contributed by atoms with Crippen molar-refractivity contribution >= 4 is 11.8 Å². The molecule has 1 saturated carbocycles. The van der Waals surface area contributed by atoms with Crippen molar-refractivity contribution in [2.75, 3.05) is 17.6 Å². The van der Waals surface area contributed by atoms with E-state index >= 15 is 0 Å². The van der Waals surface area contributed by atoms with Gasteiger partial charge in [0.15, 0.2) is 0 Å². The summed E-state index contributed by atoms with van der Waals surface area (Å²) in [5.74, 6) is 1.70. The molecule has 0 saturated heterocycles. The third kappa shape index (κ3) is 3.10. The third-order valence-electron chi connectivity index (χ3n) is 3.78. The van der Waals surface area contributed by atoms with Crippen molar-refractivity contribution in [3.8, 4) is 0 Å². The topological polar surface area (TPSA) is 84.1 Å². The van der Waals surface area contributed by atoms with Crippen LogP contribution in [0, 0.1) is 12.8 Å². The summed E-state index contributed by atoms with van der Waals surface area (Å²) in [4.78, 5) is 8.07. The minimum Gasteiger partial charge on any atom is -0.388 e. The third-order valence-corrected chi connectivity index (χ3v) is 3.78. The summed E-state index contributed by atoms with van der Waals surface area (Å²) in [6.45, 7) is 4.69. The zero-order valence-corrected chi connectivity index (χ0v) is 11.1. The number of hydrogen-bond donors (Lipinski definition) is 3. The highest BCUT2D eigenvalue weighted by Gasteiger charge is 2.31. The molecule has 1 aromatic rings. The Hall–Kier alpha value is -1.36. The van der Waals surface area contributed by atoms with Gasteiger partial charge in [0.1, 0.15) is 5.82 Å². The number of aryl methyl sites for hydroxylation is 1. The molecule has 1 fully saturated rings. The molecular formula is C13H22N4O. The molecule has 1 aromatic heterocycles. The highest BCUT2D eigenvalue weighted by atomic mass is 16.3. The second-order valence-corrected chi connectivity index (χ2v) is 5.52. The summed E-state index contributed by atoms with van der Waals surface area (Å²) in [6.07, 6.45) is 5.56. The Balaban J connectivity index is 1.96. The Morgan fingerprint density at radius 2 is 2.17 bits per heavy atom. The molecule has 18 heavy (non-hydrogen) atoms. The lowest BCUT2D eigenvalue weighted by Crippen LogP contribution is -2.40. The van der Waals surface area contributed by atoms with Crippen LogP contribution in [0.4, 0.5) is 11.8 Å². The Labute approximate surface area is 108 Å². The van der Waals surface area contributed by atoms with E-state index in [1.54, 1.807) is 6.20 Å². The fourth-order valence-corrected chi connectivity index (χ4v) is 2.36. The summed E-state index contributed by atoms with van der Waals surface area (Å²) >= 11 is 0.